The van der Waals surface area contributed by atoms with Gasteiger partial charge in [-0.1, -0.05) is 0 Å². The summed E-state index contributed by atoms with van der Waals surface area (Å²) in [6, 6.07) is 1.72. The molecule has 0 amide bonds. The van der Waals surface area contributed by atoms with E-state index in [1.807, 2.05) is 19.0 Å². The van der Waals surface area contributed by atoms with Gasteiger partial charge in [-0.3, -0.25) is 0 Å². The van der Waals surface area contributed by atoms with Crippen LogP contribution in [0.4, 0.5) is 5.82 Å². The molecule has 5 nitrogen and oxygen atoms in total. The van der Waals surface area contributed by atoms with Gasteiger partial charge in [0.05, 0.1) is 0 Å². The minimum atomic E-state index is 0.585. The second-order valence-electron chi connectivity index (χ2n) is 3.18. The van der Waals surface area contributed by atoms with Crippen molar-refractivity contribution in [3.8, 4) is 5.88 Å². The summed E-state index contributed by atoms with van der Waals surface area (Å²) in [5.74, 6) is 1.20. The van der Waals surface area contributed by atoms with Crippen molar-refractivity contribution in [2.75, 3.05) is 33.0 Å². The van der Waals surface area contributed by atoms with E-state index in [0.29, 0.717) is 18.3 Å². The normalized spacial score (nSPS) is 10.8. The second kappa shape index (κ2) is 4.13. The molecule has 0 unspecified atom stereocenters. The summed E-state index contributed by atoms with van der Waals surface area (Å²) in [5, 5.41) is 4.06. The largest absolute Gasteiger partial charge is 0.475 e. The summed E-state index contributed by atoms with van der Waals surface area (Å²) in [5.41, 5.74) is 5.58. The van der Waals surface area contributed by atoms with E-state index >= 15 is 0 Å². The summed E-state index contributed by atoms with van der Waals surface area (Å²) in [4.78, 5) is 2.05. The van der Waals surface area contributed by atoms with Gasteiger partial charge in [0.15, 0.2) is 0 Å². The van der Waals surface area contributed by atoms with Gasteiger partial charge in [0.25, 0.3) is 0 Å². The summed E-state index contributed by atoms with van der Waals surface area (Å²) < 4.78 is 6.95. The van der Waals surface area contributed by atoms with E-state index in [2.05, 4.69) is 5.10 Å². The summed E-state index contributed by atoms with van der Waals surface area (Å²) in [6.45, 7) is 1.50. The van der Waals surface area contributed by atoms with Gasteiger partial charge in [-0.25, -0.2) is 4.68 Å². The Morgan fingerprint density at radius 1 is 1.62 bits per heavy atom. The third-order valence-electron chi connectivity index (χ3n) is 1.68. The summed E-state index contributed by atoms with van der Waals surface area (Å²) in [6.07, 6.45) is 0. The number of aryl methyl sites for hydroxylation is 1. The van der Waals surface area contributed by atoms with Crippen LogP contribution in [-0.4, -0.2) is 41.9 Å². The van der Waals surface area contributed by atoms with Gasteiger partial charge in [0, 0.05) is 19.7 Å². The molecule has 0 saturated heterocycles. The molecular weight excluding hydrogens is 168 g/mol. The van der Waals surface area contributed by atoms with Crippen LogP contribution in [0.2, 0.25) is 0 Å². The van der Waals surface area contributed by atoms with Gasteiger partial charge in [-0.05, 0) is 14.1 Å². The van der Waals surface area contributed by atoms with Crippen LogP contribution < -0.4 is 10.5 Å². The highest BCUT2D eigenvalue weighted by Crippen LogP contribution is 2.11. The van der Waals surface area contributed by atoms with E-state index in [-0.39, 0.29) is 0 Å². The number of anilines is 1. The first kappa shape index (κ1) is 9.85. The van der Waals surface area contributed by atoms with Gasteiger partial charge in [0.2, 0.25) is 5.88 Å². The van der Waals surface area contributed by atoms with E-state index in [0.717, 1.165) is 6.54 Å². The smallest absolute Gasteiger partial charge is 0.234 e. The van der Waals surface area contributed by atoms with Gasteiger partial charge in [-0.15, -0.1) is 5.10 Å². The zero-order valence-electron chi connectivity index (χ0n) is 8.32. The van der Waals surface area contributed by atoms with E-state index in [1.54, 1.807) is 17.8 Å². The number of hydrogen-bond acceptors (Lipinski definition) is 4. The van der Waals surface area contributed by atoms with Crippen LogP contribution in [0, 0.1) is 0 Å². The molecule has 0 fully saturated rings. The molecule has 0 aliphatic carbocycles. The Morgan fingerprint density at radius 3 is 2.77 bits per heavy atom. The number of ether oxygens (including phenoxy) is 1. The molecule has 0 aliphatic rings. The molecule has 0 saturated carbocycles. The van der Waals surface area contributed by atoms with Crippen LogP contribution in [-0.2, 0) is 7.05 Å². The van der Waals surface area contributed by atoms with Crippen LogP contribution in [0.1, 0.15) is 0 Å². The molecule has 1 aromatic rings. The maximum Gasteiger partial charge on any atom is 0.234 e. The molecule has 1 rings (SSSR count). The zero-order valence-corrected chi connectivity index (χ0v) is 8.32. The molecule has 0 radical (unpaired) electrons. The molecule has 5 heteroatoms. The van der Waals surface area contributed by atoms with Crippen molar-refractivity contribution in [1.29, 1.82) is 0 Å². The third kappa shape index (κ3) is 2.95. The zero-order chi connectivity index (χ0) is 9.84. The first-order chi connectivity index (χ1) is 6.09. The molecular formula is C8H16N4O. The molecule has 2 N–H and O–H groups in total. The molecule has 0 spiro atoms. The first-order valence-corrected chi connectivity index (χ1v) is 4.16. The average Bonchev–Trinajstić information content (AvgIpc) is 2.30. The van der Waals surface area contributed by atoms with E-state index in [9.17, 15) is 0 Å². The van der Waals surface area contributed by atoms with Crippen LogP contribution in [0.25, 0.3) is 0 Å². The molecule has 13 heavy (non-hydrogen) atoms. The predicted molar refractivity (Wildman–Crippen MR) is 51.7 cm³/mol. The fourth-order valence-electron chi connectivity index (χ4n) is 0.858. The third-order valence-corrected chi connectivity index (χ3v) is 1.68. The minimum absolute atomic E-state index is 0.585. The Labute approximate surface area is 78.1 Å². The maximum absolute atomic E-state index is 5.58. The molecule has 0 aromatic carbocycles. The number of nitrogen functional groups attached to an aromatic ring is 1. The molecule has 1 heterocycles. The lowest BCUT2D eigenvalue weighted by Crippen LogP contribution is -2.19. The molecule has 74 valence electrons. The van der Waals surface area contributed by atoms with Gasteiger partial charge in [-0.2, -0.15) is 0 Å². The Hall–Kier alpha value is -1.23. The maximum atomic E-state index is 5.58. The highest BCUT2D eigenvalue weighted by atomic mass is 16.5. The number of likely N-dealkylation sites (N-methyl/N-ethyl adjacent to an activating group) is 1. The second-order valence-corrected chi connectivity index (χ2v) is 3.18. The van der Waals surface area contributed by atoms with E-state index in [1.165, 1.54) is 0 Å². The van der Waals surface area contributed by atoms with E-state index in [4.69, 9.17) is 10.5 Å². The van der Waals surface area contributed by atoms with Crippen molar-refractivity contribution < 1.29 is 4.74 Å². The standard InChI is InChI=1S/C8H16N4O/c1-11(2)4-5-13-8-6-7(9)12(3)10-8/h6H,4-5,9H2,1-3H3. The lowest BCUT2D eigenvalue weighted by Gasteiger charge is -2.08. The highest BCUT2D eigenvalue weighted by Gasteiger charge is 2.01. The number of hydrogen-bond donors (Lipinski definition) is 1. The average molecular weight is 184 g/mol. The van der Waals surface area contributed by atoms with Gasteiger partial charge in [0.1, 0.15) is 12.4 Å². The molecule has 1 aromatic heterocycles. The SMILES string of the molecule is CN(C)CCOc1cc(N)n(C)n1. The Balaban J connectivity index is 2.37. The fourth-order valence-corrected chi connectivity index (χ4v) is 0.858. The number of nitrogens with zero attached hydrogens (tertiary/aromatic N) is 3. The van der Waals surface area contributed by atoms with Gasteiger partial charge >= 0.3 is 0 Å². The molecule has 0 bridgehead atoms. The van der Waals surface area contributed by atoms with Crippen molar-refractivity contribution in [1.82, 2.24) is 14.7 Å². The lowest BCUT2D eigenvalue weighted by atomic mass is 10.6. The van der Waals surface area contributed by atoms with E-state index < -0.39 is 0 Å². The topological polar surface area (TPSA) is 56.3 Å². The van der Waals surface area contributed by atoms with Crippen molar-refractivity contribution >= 4 is 5.82 Å². The Morgan fingerprint density at radius 2 is 2.31 bits per heavy atom. The van der Waals surface area contributed by atoms with Crippen molar-refractivity contribution in [2.24, 2.45) is 7.05 Å². The van der Waals surface area contributed by atoms with Gasteiger partial charge < -0.3 is 15.4 Å². The molecule has 0 aliphatic heterocycles. The summed E-state index contributed by atoms with van der Waals surface area (Å²) >= 11 is 0. The number of aromatic nitrogens is 2. The number of nitrogens with two attached hydrogens (primary N) is 1. The fraction of sp³-hybridized carbons (Fsp3) is 0.625. The molecule has 0 atom stereocenters. The Bertz CT molecular complexity index is 250. The lowest BCUT2D eigenvalue weighted by molar-refractivity contribution is 0.252. The first-order valence-electron chi connectivity index (χ1n) is 4.16. The van der Waals surface area contributed by atoms with Crippen molar-refractivity contribution in [2.45, 2.75) is 0 Å². The van der Waals surface area contributed by atoms with Crippen LogP contribution >= 0.6 is 0 Å². The van der Waals surface area contributed by atoms with Crippen molar-refractivity contribution in [3.63, 3.8) is 0 Å². The summed E-state index contributed by atoms with van der Waals surface area (Å²) in [7, 11) is 5.78. The van der Waals surface area contributed by atoms with Crippen molar-refractivity contribution in [3.05, 3.63) is 6.07 Å². The minimum Gasteiger partial charge on any atom is -0.475 e. The highest BCUT2D eigenvalue weighted by molar-refractivity contribution is 5.33. The van der Waals surface area contributed by atoms with Crippen LogP contribution in [0.3, 0.4) is 0 Å². The Kier molecular flexibility index (Phi) is 3.13. The van der Waals surface area contributed by atoms with Crippen LogP contribution in [0.15, 0.2) is 6.07 Å². The van der Waals surface area contributed by atoms with Crippen LogP contribution in [0.5, 0.6) is 5.88 Å². The monoisotopic (exact) mass is 184 g/mol. The quantitative estimate of drug-likeness (QED) is 0.712. The predicted octanol–water partition coefficient (Wildman–Crippen LogP) is -0.0573. The number of rotatable bonds is 4.